The zero-order valence-corrected chi connectivity index (χ0v) is 10.4. The summed E-state index contributed by atoms with van der Waals surface area (Å²) in [6.45, 7) is 0. The smallest absolute Gasteiger partial charge is 0.270 e. The summed E-state index contributed by atoms with van der Waals surface area (Å²) in [6.07, 6.45) is 1.36. The van der Waals surface area contributed by atoms with E-state index in [1.165, 1.54) is 24.3 Å². The van der Waals surface area contributed by atoms with E-state index < -0.39 is 4.92 Å². The fourth-order valence-corrected chi connectivity index (χ4v) is 2.37. The van der Waals surface area contributed by atoms with Crippen LogP contribution in [0.1, 0.15) is 5.56 Å². The Labute approximate surface area is 111 Å². The number of nitro groups is 1. The highest BCUT2D eigenvalue weighted by molar-refractivity contribution is 8.26. The molecule has 92 valence electrons. The number of thioether (sulfide) groups is 1. The Morgan fingerprint density at radius 1 is 1.50 bits per heavy atom. The molecule has 2 N–H and O–H groups in total. The molecule has 0 aliphatic carbocycles. The largest absolute Gasteiger partial charge is 0.507 e. The number of benzene rings is 1. The minimum absolute atomic E-state index is 0.140. The van der Waals surface area contributed by atoms with Crippen LogP contribution in [0.15, 0.2) is 23.1 Å². The predicted molar refractivity (Wildman–Crippen MR) is 71.1 cm³/mol. The molecule has 6 nitrogen and oxygen atoms in total. The summed E-state index contributed by atoms with van der Waals surface area (Å²) in [5, 5.41) is 22.6. The summed E-state index contributed by atoms with van der Waals surface area (Å²) in [6, 6.07) is 3.59. The SMILES string of the molecule is O=C1NC(=S)SC1=Cc1cc([N+](=O)[O-])ccc1O. The summed E-state index contributed by atoms with van der Waals surface area (Å²) in [5.41, 5.74) is 0.0391. The van der Waals surface area contributed by atoms with Gasteiger partial charge in [-0.05, 0) is 12.1 Å². The zero-order valence-electron chi connectivity index (χ0n) is 8.75. The van der Waals surface area contributed by atoms with Crippen LogP contribution in [-0.4, -0.2) is 20.3 Å². The molecule has 1 aromatic carbocycles. The van der Waals surface area contributed by atoms with Crippen molar-refractivity contribution in [1.82, 2.24) is 5.32 Å². The standard InChI is InChI=1S/C10H6N2O4S2/c13-7-2-1-6(12(15)16)3-5(7)4-8-9(14)11-10(17)18-8/h1-4,13H,(H,11,14,17). The summed E-state index contributed by atoms with van der Waals surface area (Å²) < 4.78 is 0.316. The molecule has 0 bridgehead atoms. The Morgan fingerprint density at radius 2 is 2.22 bits per heavy atom. The van der Waals surface area contributed by atoms with E-state index in [1.54, 1.807) is 0 Å². The van der Waals surface area contributed by atoms with Crippen LogP contribution in [0.25, 0.3) is 6.08 Å². The molecule has 1 aliphatic heterocycles. The van der Waals surface area contributed by atoms with Gasteiger partial charge >= 0.3 is 0 Å². The fourth-order valence-electron chi connectivity index (χ4n) is 1.33. The highest BCUT2D eigenvalue weighted by Gasteiger charge is 2.22. The Hall–Kier alpha value is -1.93. The number of phenols is 1. The quantitative estimate of drug-likeness (QED) is 0.372. The molecule has 0 saturated carbocycles. The number of nitrogens with one attached hydrogen (secondary N) is 1. The molecule has 0 atom stereocenters. The van der Waals surface area contributed by atoms with Crippen molar-refractivity contribution in [2.45, 2.75) is 0 Å². The lowest BCUT2D eigenvalue weighted by molar-refractivity contribution is -0.384. The van der Waals surface area contributed by atoms with Crippen molar-refractivity contribution < 1.29 is 14.8 Å². The first kappa shape index (κ1) is 12.5. The van der Waals surface area contributed by atoms with Crippen molar-refractivity contribution in [2.75, 3.05) is 0 Å². The highest BCUT2D eigenvalue weighted by Crippen LogP contribution is 2.30. The molecule has 18 heavy (non-hydrogen) atoms. The van der Waals surface area contributed by atoms with Gasteiger partial charge in [0.2, 0.25) is 0 Å². The zero-order chi connectivity index (χ0) is 13.3. The molecule has 0 aromatic heterocycles. The van der Waals surface area contributed by atoms with E-state index in [0.29, 0.717) is 4.32 Å². The number of carbonyl (C=O) groups is 1. The van der Waals surface area contributed by atoms with Crippen LogP contribution in [0.3, 0.4) is 0 Å². The van der Waals surface area contributed by atoms with Crippen LogP contribution < -0.4 is 5.32 Å². The van der Waals surface area contributed by atoms with Crippen LogP contribution in [0.5, 0.6) is 5.75 Å². The average molecular weight is 282 g/mol. The molecule has 1 saturated heterocycles. The van der Waals surface area contributed by atoms with Crippen molar-refractivity contribution >= 4 is 46.0 Å². The number of carbonyl (C=O) groups excluding carboxylic acids is 1. The lowest BCUT2D eigenvalue weighted by atomic mass is 10.1. The van der Waals surface area contributed by atoms with Gasteiger partial charge in [-0.3, -0.25) is 14.9 Å². The van der Waals surface area contributed by atoms with Crippen molar-refractivity contribution in [3.05, 3.63) is 38.8 Å². The monoisotopic (exact) mass is 282 g/mol. The van der Waals surface area contributed by atoms with Gasteiger partial charge in [-0.2, -0.15) is 0 Å². The summed E-state index contributed by atoms with van der Waals surface area (Å²) in [4.78, 5) is 21.7. The van der Waals surface area contributed by atoms with Crippen molar-refractivity contribution in [2.24, 2.45) is 0 Å². The normalized spacial score (nSPS) is 17.0. The van der Waals surface area contributed by atoms with E-state index in [9.17, 15) is 20.0 Å². The van der Waals surface area contributed by atoms with Crippen LogP contribution in [0.2, 0.25) is 0 Å². The minimum Gasteiger partial charge on any atom is -0.507 e. The number of nitro benzene ring substituents is 1. The van der Waals surface area contributed by atoms with E-state index in [-0.39, 0.29) is 27.8 Å². The van der Waals surface area contributed by atoms with Gasteiger partial charge in [-0.1, -0.05) is 24.0 Å². The number of amides is 1. The van der Waals surface area contributed by atoms with E-state index in [1.807, 2.05) is 0 Å². The Bertz CT molecular complexity index is 598. The first-order chi connectivity index (χ1) is 8.47. The molecule has 1 aliphatic rings. The third kappa shape index (κ3) is 2.49. The first-order valence-corrected chi connectivity index (χ1v) is 5.92. The second-order valence-corrected chi connectivity index (χ2v) is 5.07. The van der Waals surface area contributed by atoms with E-state index in [2.05, 4.69) is 5.32 Å². The highest BCUT2D eigenvalue weighted by atomic mass is 32.2. The molecule has 0 unspecified atom stereocenters. The Kier molecular flexibility index (Phi) is 3.30. The molecule has 8 heteroatoms. The molecular weight excluding hydrogens is 276 g/mol. The number of rotatable bonds is 2. The minimum atomic E-state index is -0.575. The lowest BCUT2D eigenvalue weighted by Crippen LogP contribution is -2.17. The number of non-ortho nitro benzene ring substituents is 1. The van der Waals surface area contributed by atoms with Gasteiger partial charge in [-0.25, -0.2) is 0 Å². The molecule has 2 rings (SSSR count). The van der Waals surface area contributed by atoms with Gasteiger partial charge in [0.25, 0.3) is 11.6 Å². The van der Waals surface area contributed by atoms with E-state index in [4.69, 9.17) is 12.2 Å². The van der Waals surface area contributed by atoms with Gasteiger partial charge in [-0.15, -0.1) is 0 Å². The predicted octanol–water partition coefficient (Wildman–Crippen LogP) is 1.79. The van der Waals surface area contributed by atoms with Crippen LogP contribution >= 0.6 is 24.0 Å². The van der Waals surface area contributed by atoms with Crippen molar-refractivity contribution in [1.29, 1.82) is 0 Å². The Balaban J connectivity index is 2.42. The number of nitrogens with zero attached hydrogens (tertiary/aromatic N) is 1. The van der Waals surface area contributed by atoms with Crippen molar-refractivity contribution in [3.63, 3.8) is 0 Å². The maximum atomic E-state index is 11.4. The van der Waals surface area contributed by atoms with Crippen LogP contribution in [0, 0.1) is 10.1 Å². The first-order valence-electron chi connectivity index (χ1n) is 4.69. The van der Waals surface area contributed by atoms with Gasteiger partial charge in [0, 0.05) is 17.7 Å². The number of aromatic hydroxyl groups is 1. The lowest BCUT2D eigenvalue weighted by Gasteiger charge is -1.99. The molecule has 0 spiro atoms. The van der Waals surface area contributed by atoms with E-state index >= 15 is 0 Å². The molecular formula is C10H6N2O4S2. The number of hydrogen-bond acceptors (Lipinski definition) is 6. The molecule has 1 heterocycles. The third-order valence-electron chi connectivity index (χ3n) is 2.15. The topological polar surface area (TPSA) is 92.5 Å². The number of thiocarbonyl (C=S) groups is 1. The van der Waals surface area contributed by atoms with Crippen LogP contribution in [0.4, 0.5) is 5.69 Å². The Morgan fingerprint density at radius 3 is 2.78 bits per heavy atom. The van der Waals surface area contributed by atoms with Gasteiger partial charge in [0.15, 0.2) is 0 Å². The summed E-state index contributed by atoms with van der Waals surface area (Å²) in [7, 11) is 0. The van der Waals surface area contributed by atoms with Crippen LogP contribution in [-0.2, 0) is 4.79 Å². The number of hydrogen-bond donors (Lipinski definition) is 2. The maximum Gasteiger partial charge on any atom is 0.270 e. The summed E-state index contributed by atoms with van der Waals surface area (Å²) in [5.74, 6) is -0.518. The molecule has 1 amide bonds. The molecule has 1 fully saturated rings. The average Bonchev–Trinajstić information content (AvgIpc) is 2.60. The summed E-state index contributed by atoms with van der Waals surface area (Å²) >= 11 is 5.85. The number of phenolic OH excluding ortho intramolecular Hbond substituents is 1. The van der Waals surface area contributed by atoms with Gasteiger partial charge in [0.05, 0.1) is 9.83 Å². The van der Waals surface area contributed by atoms with Gasteiger partial charge in [0.1, 0.15) is 10.1 Å². The third-order valence-corrected chi connectivity index (χ3v) is 3.31. The second-order valence-electron chi connectivity index (χ2n) is 3.35. The van der Waals surface area contributed by atoms with Gasteiger partial charge < -0.3 is 10.4 Å². The van der Waals surface area contributed by atoms with E-state index in [0.717, 1.165) is 11.8 Å². The fraction of sp³-hybridized carbons (Fsp3) is 0. The second kappa shape index (κ2) is 4.75. The maximum absolute atomic E-state index is 11.4. The van der Waals surface area contributed by atoms with Crippen molar-refractivity contribution in [3.8, 4) is 5.75 Å². The molecule has 1 aromatic rings. The molecule has 0 radical (unpaired) electrons.